The van der Waals surface area contributed by atoms with Crippen molar-refractivity contribution in [2.24, 2.45) is 5.16 Å². The van der Waals surface area contributed by atoms with Gasteiger partial charge in [-0.1, -0.05) is 5.16 Å². The highest BCUT2D eigenvalue weighted by atomic mass is 35.5. The molecule has 0 radical (unpaired) electrons. The van der Waals surface area contributed by atoms with Gasteiger partial charge in [0.05, 0.1) is 12.5 Å². The van der Waals surface area contributed by atoms with Crippen LogP contribution in [0.2, 0.25) is 0 Å². The maximum atomic E-state index is 10.8. The molecule has 0 aromatic rings. The fourth-order valence-electron chi connectivity index (χ4n) is 0.441. The van der Waals surface area contributed by atoms with Gasteiger partial charge in [-0.05, 0) is 6.92 Å². The summed E-state index contributed by atoms with van der Waals surface area (Å²) in [5, 5.41) is 3.37. The Bertz CT molecular complexity index is 158. The van der Waals surface area contributed by atoms with E-state index in [-0.39, 0.29) is 11.6 Å². The topological polar surface area (TPSA) is 47.9 Å². The van der Waals surface area contributed by atoms with Crippen molar-refractivity contribution < 1.29 is 14.4 Å². The Hall–Kier alpha value is -0.770. The van der Waals surface area contributed by atoms with Gasteiger partial charge in [-0.3, -0.25) is 0 Å². The largest absolute Gasteiger partial charge is 0.461 e. The molecule has 0 amide bonds. The predicted octanol–water partition coefficient (Wildman–Crippen LogP) is 0.791. The number of nitrogens with zero attached hydrogens (tertiary/aromatic N) is 1. The van der Waals surface area contributed by atoms with Gasteiger partial charge in [0.25, 0.3) is 0 Å². The van der Waals surface area contributed by atoms with Gasteiger partial charge in [-0.15, -0.1) is 11.6 Å². The molecule has 0 rings (SSSR count). The molecule has 0 fully saturated rings. The first-order chi connectivity index (χ1) is 5.26. The van der Waals surface area contributed by atoms with Crippen molar-refractivity contribution in [2.75, 3.05) is 19.6 Å². The molecule has 4 nitrogen and oxygen atoms in total. The number of oxime groups is 1. The summed E-state index contributed by atoms with van der Waals surface area (Å²) in [5.74, 6) is -0.545. The van der Waals surface area contributed by atoms with Crippen LogP contribution < -0.4 is 0 Å². The van der Waals surface area contributed by atoms with Gasteiger partial charge < -0.3 is 9.57 Å². The average Bonchev–Trinajstić information content (AvgIpc) is 2.00. The molecule has 0 aliphatic heterocycles. The van der Waals surface area contributed by atoms with E-state index in [0.29, 0.717) is 6.61 Å². The summed E-state index contributed by atoms with van der Waals surface area (Å²) in [6.07, 6.45) is 0. The normalized spacial score (nSPS) is 11.0. The number of carbonyl (C=O) groups excluding carboxylic acids is 1. The number of hydrogen-bond donors (Lipinski definition) is 0. The highest BCUT2D eigenvalue weighted by Gasteiger charge is 2.11. The van der Waals surface area contributed by atoms with Crippen molar-refractivity contribution >= 4 is 23.3 Å². The van der Waals surface area contributed by atoms with Crippen molar-refractivity contribution in [1.82, 2.24) is 0 Å². The predicted molar refractivity (Wildman–Crippen MR) is 41.8 cm³/mol. The highest BCUT2D eigenvalue weighted by Crippen LogP contribution is 1.89. The van der Waals surface area contributed by atoms with Crippen molar-refractivity contribution in [3.8, 4) is 0 Å². The average molecular weight is 180 g/mol. The van der Waals surface area contributed by atoms with Crippen LogP contribution in [0.25, 0.3) is 0 Å². The summed E-state index contributed by atoms with van der Waals surface area (Å²) in [7, 11) is 1.34. The number of rotatable bonds is 4. The van der Waals surface area contributed by atoms with E-state index in [0.717, 1.165) is 0 Å². The first kappa shape index (κ1) is 10.2. The standard InChI is InChI=1S/C6H10ClNO3/c1-3-11-6(9)5(4-7)8-10-2/h3-4H2,1-2H3. The molecular weight excluding hydrogens is 170 g/mol. The lowest BCUT2D eigenvalue weighted by Crippen LogP contribution is -2.19. The van der Waals surface area contributed by atoms with E-state index in [1.807, 2.05) is 0 Å². The number of halogens is 1. The Balaban J connectivity index is 4.03. The Labute approximate surface area is 70.1 Å². The number of alkyl halides is 1. The summed E-state index contributed by atoms with van der Waals surface area (Å²) in [4.78, 5) is 15.2. The number of carbonyl (C=O) groups is 1. The van der Waals surface area contributed by atoms with Gasteiger partial charge in [0.1, 0.15) is 7.11 Å². The zero-order chi connectivity index (χ0) is 8.69. The second-order valence-corrected chi connectivity index (χ2v) is 1.84. The van der Waals surface area contributed by atoms with Crippen LogP contribution in [0.3, 0.4) is 0 Å². The minimum absolute atomic E-state index is 0.00727. The molecule has 11 heavy (non-hydrogen) atoms. The van der Waals surface area contributed by atoms with Gasteiger partial charge in [-0.2, -0.15) is 0 Å². The molecule has 0 aliphatic carbocycles. The molecule has 0 saturated carbocycles. The third kappa shape index (κ3) is 3.83. The van der Waals surface area contributed by atoms with Crippen molar-refractivity contribution in [2.45, 2.75) is 6.92 Å². The molecular formula is C6H10ClNO3. The van der Waals surface area contributed by atoms with E-state index in [1.54, 1.807) is 6.92 Å². The van der Waals surface area contributed by atoms with E-state index in [2.05, 4.69) is 14.7 Å². The molecule has 5 heteroatoms. The van der Waals surface area contributed by atoms with Crippen LogP contribution in [0.1, 0.15) is 6.92 Å². The lowest BCUT2D eigenvalue weighted by atomic mass is 10.4. The molecule has 0 unspecified atom stereocenters. The second-order valence-electron chi connectivity index (χ2n) is 1.57. The van der Waals surface area contributed by atoms with Gasteiger partial charge in [0.15, 0.2) is 5.71 Å². The van der Waals surface area contributed by atoms with E-state index >= 15 is 0 Å². The van der Waals surface area contributed by atoms with E-state index in [9.17, 15) is 4.79 Å². The minimum atomic E-state index is -0.538. The SMILES string of the molecule is CCOC(=O)C(CCl)=NOC. The van der Waals surface area contributed by atoms with Crippen molar-refractivity contribution in [3.05, 3.63) is 0 Å². The Kier molecular flexibility index (Phi) is 5.56. The lowest BCUT2D eigenvalue weighted by molar-refractivity contribution is -0.135. The van der Waals surface area contributed by atoms with Crippen LogP contribution in [-0.2, 0) is 14.4 Å². The molecule has 0 N–H and O–H groups in total. The van der Waals surface area contributed by atoms with Crippen LogP contribution in [0.15, 0.2) is 5.16 Å². The van der Waals surface area contributed by atoms with Gasteiger partial charge in [0.2, 0.25) is 0 Å². The number of ether oxygens (including phenoxy) is 1. The molecule has 64 valence electrons. The molecule has 0 spiro atoms. The maximum Gasteiger partial charge on any atom is 0.357 e. The molecule has 0 aromatic carbocycles. The smallest absolute Gasteiger partial charge is 0.357 e. The Morgan fingerprint density at radius 1 is 1.64 bits per heavy atom. The van der Waals surface area contributed by atoms with Crippen LogP contribution in [-0.4, -0.2) is 31.3 Å². The van der Waals surface area contributed by atoms with Crippen LogP contribution in [0.4, 0.5) is 0 Å². The third-order valence-electron chi connectivity index (χ3n) is 0.839. The van der Waals surface area contributed by atoms with E-state index in [1.165, 1.54) is 7.11 Å². The fraction of sp³-hybridized carbons (Fsp3) is 0.667. The molecule has 0 heterocycles. The zero-order valence-corrected chi connectivity index (χ0v) is 7.22. The fourth-order valence-corrected chi connectivity index (χ4v) is 0.599. The zero-order valence-electron chi connectivity index (χ0n) is 6.46. The quantitative estimate of drug-likeness (QED) is 0.278. The van der Waals surface area contributed by atoms with Crippen LogP contribution in [0.5, 0.6) is 0 Å². The second kappa shape index (κ2) is 5.97. The van der Waals surface area contributed by atoms with Gasteiger partial charge in [0, 0.05) is 0 Å². The molecule has 0 aliphatic rings. The summed E-state index contributed by atoms with van der Waals surface area (Å²) in [6, 6.07) is 0. The molecule has 0 saturated heterocycles. The van der Waals surface area contributed by atoms with Crippen LogP contribution >= 0.6 is 11.6 Å². The highest BCUT2D eigenvalue weighted by molar-refractivity contribution is 6.47. The molecule has 0 atom stereocenters. The Morgan fingerprint density at radius 3 is 2.64 bits per heavy atom. The first-order valence-corrected chi connectivity index (χ1v) is 3.62. The number of esters is 1. The van der Waals surface area contributed by atoms with Crippen molar-refractivity contribution in [3.63, 3.8) is 0 Å². The third-order valence-corrected chi connectivity index (χ3v) is 1.09. The van der Waals surface area contributed by atoms with Crippen molar-refractivity contribution in [1.29, 1.82) is 0 Å². The number of hydrogen-bond acceptors (Lipinski definition) is 4. The summed E-state index contributed by atoms with van der Waals surface area (Å²) in [5.41, 5.74) is 0.0796. The van der Waals surface area contributed by atoms with Gasteiger partial charge in [-0.25, -0.2) is 4.79 Å². The lowest BCUT2D eigenvalue weighted by Gasteiger charge is -2.00. The van der Waals surface area contributed by atoms with E-state index in [4.69, 9.17) is 11.6 Å². The van der Waals surface area contributed by atoms with Gasteiger partial charge >= 0.3 is 5.97 Å². The monoisotopic (exact) mass is 179 g/mol. The summed E-state index contributed by atoms with van der Waals surface area (Å²) in [6.45, 7) is 2.01. The Morgan fingerprint density at radius 2 is 2.27 bits per heavy atom. The summed E-state index contributed by atoms with van der Waals surface area (Å²) < 4.78 is 4.61. The maximum absolute atomic E-state index is 10.8. The molecule has 0 bridgehead atoms. The minimum Gasteiger partial charge on any atom is -0.461 e. The van der Waals surface area contributed by atoms with E-state index < -0.39 is 5.97 Å². The first-order valence-electron chi connectivity index (χ1n) is 3.09. The summed E-state index contributed by atoms with van der Waals surface area (Å²) >= 11 is 5.37. The molecule has 0 aromatic heterocycles. The van der Waals surface area contributed by atoms with Crippen LogP contribution in [0, 0.1) is 0 Å².